The van der Waals surface area contributed by atoms with E-state index in [-0.39, 0.29) is 24.5 Å². The molecule has 0 aliphatic heterocycles. The van der Waals surface area contributed by atoms with Gasteiger partial charge in [-0.15, -0.1) is 12.4 Å². The monoisotopic (exact) mass is 286 g/mol. The summed E-state index contributed by atoms with van der Waals surface area (Å²) in [6, 6.07) is 22.7. The number of hydrogen-bond donors (Lipinski definition) is 1. The van der Waals surface area contributed by atoms with Crippen molar-refractivity contribution in [2.45, 2.75) is 25.4 Å². The van der Waals surface area contributed by atoms with Crippen molar-refractivity contribution < 1.29 is 0 Å². The van der Waals surface area contributed by atoms with E-state index in [0.717, 1.165) is 6.42 Å². The van der Waals surface area contributed by atoms with Crippen LogP contribution >= 0.6 is 12.4 Å². The van der Waals surface area contributed by atoms with E-state index in [1.54, 1.807) is 0 Å². The zero-order valence-electron chi connectivity index (χ0n) is 11.5. The van der Waals surface area contributed by atoms with Crippen molar-refractivity contribution in [1.82, 2.24) is 5.32 Å². The fourth-order valence-corrected chi connectivity index (χ4v) is 2.13. The molecule has 2 aromatic carbocycles. The van der Waals surface area contributed by atoms with Gasteiger partial charge in [0, 0.05) is 12.5 Å². The molecule has 0 amide bonds. The Morgan fingerprint density at radius 3 is 2.10 bits per heavy atom. The van der Waals surface area contributed by atoms with Crippen LogP contribution < -0.4 is 5.32 Å². The van der Waals surface area contributed by atoms with Crippen molar-refractivity contribution in [3.05, 3.63) is 71.8 Å². The van der Waals surface area contributed by atoms with E-state index in [1.807, 2.05) is 36.4 Å². The van der Waals surface area contributed by atoms with Gasteiger partial charge in [0.25, 0.3) is 0 Å². The first-order valence-electron chi connectivity index (χ1n) is 6.54. The molecule has 0 radical (unpaired) electrons. The van der Waals surface area contributed by atoms with E-state index >= 15 is 0 Å². The van der Waals surface area contributed by atoms with Crippen LogP contribution in [0.5, 0.6) is 0 Å². The minimum absolute atomic E-state index is 0. The molecule has 20 heavy (non-hydrogen) atoms. The Hall–Kier alpha value is -1.82. The number of benzene rings is 2. The standard InChI is InChI=1S/C17H18N2.ClH/c1-14(16-10-6-3-7-11-16)19-17(13-18)12-15-8-4-2-5-9-15;/h2-11,14,17,19H,12H2,1H3;1H/t14-,17?;/m1./s1. The van der Waals surface area contributed by atoms with Gasteiger partial charge in [-0.25, -0.2) is 0 Å². The lowest BCUT2D eigenvalue weighted by molar-refractivity contribution is 0.516. The van der Waals surface area contributed by atoms with Crippen molar-refractivity contribution in [2.75, 3.05) is 0 Å². The highest BCUT2D eigenvalue weighted by molar-refractivity contribution is 5.85. The summed E-state index contributed by atoms with van der Waals surface area (Å²) in [4.78, 5) is 0. The normalized spacial score (nSPS) is 12.8. The van der Waals surface area contributed by atoms with Crippen LogP contribution in [0.3, 0.4) is 0 Å². The lowest BCUT2D eigenvalue weighted by Crippen LogP contribution is -2.32. The third kappa shape index (κ3) is 4.70. The molecular formula is C17H19ClN2. The van der Waals surface area contributed by atoms with Gasteiger partial charge in [-0.1, -0.05) is 60.7 Å². The molecule has 3 heteroatoms. The van der Waals surface area contributed by atoms with Gasteiger partial charge in [-0.2, -0.15) is 5.26 Å². The molecule has 0 heterocycles. The summed E-state index contributed by atoms with van der Waals surface area (Å²) >= 11 is 0. The molecule has 0 spiro atoms. The van der Waals surface area contributed by atoms with Gasteiger partial charge in [-0.05, 0) is 18.1 Å². The number of hydrogen-bond acceptors (Lipinski definition) is 2. The second-order valence-corrected chi connectivity index (χ2v) is 4.67. The maximum Gasteiger partial charge on any atom is 0.0998 e. The summed E-state index contributed by atoms with van der Waals surface area (Å²) in [5.74, 6) is 0. The number of nitriles is 1. The molecular weight excluding hydrogens is 268 g/mol. The maximum atomic E-state index is 9.27. The zero-order chi connectivity index (χ0) is 13.5. The van der Waals surface area contributed by atoms with Gasteiger partial charge in [-0.3, -0.25) is 5.32 Å². The van der Waals surface area contributed by atoms with Gasteiger partial charge in [0.2, 0.25) is 0 Å². The quantitative estimate of drug-likeness (QED) is 0.905. The highest BCUT2D eigenvalue weighted by atomic mass is 35.5. The topological polar surface area (TPSA) is 35.8 Å². The zero-order valence-corrected chi connectivity index (χ0v) is 12.3. The van der Waals surface area contributed by atoms with Crippen LogP contribution in [0.1, 0.15) is 24.1 Å². The third-order valence-electron chi connectivity index (χ3n) is 3.19. The average molecular weight is 287 g/mol. The third-order valence-corrected chi connectivity index (χ3v) is 3.19. The summed E-state index contributed by atoms with van der Waals surface area (Å²) in [5, 5.41) is 12.6. The van der Waals surface area contributed by atoms with Crippen LogP contribution in [-0.4, -0.2) is 6.04 Å². The fourth-order valence-electron chi connectivity index (χ4n) is 2.13. The Labute approximate surface area is 126 Å². The minimum atomic E-state index is -0.169. The first-order valence-corrected chi connectivity index (χ1v) is 6.54. The van der Waals surface area contributed by atoms with E-state index in [1.165, 1.54) is 11.1 Å². The second kappa shape index (κ2) is 8.37. The van der Waals surface area contributed by atoms with Crippen LogP contribution in [0.25, 0.3) is 0 Å². The second-order valence-electron chi connectivity index (χ2n) is 4.67. The van der Waals surface area contributed by atoms with E-state index in [9.17, 15) is 5.26 Å². The molecule has 0 aromatic heterocycles. The average Bonchev–Trinajstić information content (AvgIpc) is 2.48. The number of rotatable bonds is 5. The Morgan fingerprint density at radius 1 is 1.00 bits per heavy atom. The van der Waals surface area contributed by atoms with Gasteiger partial charge >= 0.3 is 0 Å². The van der Waals surface area contributed by atoms with Gasteiger partial charge in [0.15, 0.2) is 0 Å². The number of nitrogens with one attached hydrogen (secondary N) is 1. The van der Waals surface area contributed by atoms with Crippen molar-refractivity contribution in [2.24, 2.45) is 0 Å². The first kappa shape index (κ1) is 16.2. The van der Waals surface area contributed by atoms with E-state index < -0.39 is 0 Å². The van der Waals surface area contributed by atoms with Crippen molar-refractivity contribution in [1.29, 1.82) is 5.26 Å². The Morgan fingerprint density at radius 2 is 1.55 bits per heavy atom. The lowest BCUT2D eigenvalue weighted by Gasteiger charge is -2.18. The van der Waals surface area contributed by atoms with Crippen molar-refractivity contribution in [3.8, 4) is 6.07 Å². The largest absolute Gasteiger partial charge is 0.295 e. The SMILES string of the molecule is C[C@@H](NC(C#N)Cc1ccccc1)c1ccccc1.Cl. The molecule has 0 fully saturated rings. The molecule has 0 saturated carbocycles. The van der Waals surface area contributed by atoms with Crippen LogP contribution in [0, 0.1) is 11.3 Å². The van der Waals surface area contributed by atoms with Crippen LogP contribution in [0.4, 0.5) is 0 Å². The summed E-state index contributed by atoms with van der Waals surface area (Å²) in [7, 11) is 0. The molecule has 104 valence electrons. The predicted octanol–water partition coefficient (Wildman–Crippen LogP) is 3.89. The molecule has 2 nitrogen and oxygen atoms in total. The van der Waals surface area contributed by atoms with Gasteiger partial charge in [0.1, 0.15) is 0 Å². The highest BCUT2D eigenvalue weighted by Crippen LogP contribution is 2.13. The molecule has 0 aliphatic rings. The molecule has 1 N–H and O–H groups in total. The van der Waals surface area contributed by atoms with E-state index in [2.05, 4.69) is 42.6 Å². The highest BCUT2D eigenvalue weighted by Gasteiger charge is 2.12. The summed E-state index contributed by atoms with van der Waals surface area (Å²) in [5.41, 5.74) is 2.39. The molecule has 0 aliphatic carbocycles. The molecule has 2 atom stereocenters. The van der Waals surface area contributed by atoms with Crippen molar-refractivity contribution >= 4 is 12.4 Å². The first-order chi connectivity index (χ1) is 9.29. The van der Waals surface area contributed by atoms with Crippen LogP contribution in [0.2, 0.25) is 0 Å². The van der Waals surface area contributed by atoms with E-state index in [0.29, 0.717) is 0 Å². The lowest BCUT2D eigenvalue weighted by atomic mass is 10.0. The number of halogens is 1. The maximum absolute atomic E-state index is 9.27. The van der Waals surface area contributed by atoms with Crippen LogP contribution in [0.15, 0.2) is 60.7 Å². The Balaban J connectivity index is 0.00000200. The molecule has 2 aromatic rings. The minimum Gasteiger partial charge on any atom is -0.295 e. The van der Waals surface area contributed by atoms with Gasteiger partial charge < -0.3 is 0 Å². The Kier molecular flexibility index (Phi) is 6.79. The fraction of sp³-hybridized carbons (Fsp3) is 0.235. The summed E-state index contributed by atoms with van der Waals surface area (Å²) < 4.78 is 0. The molecule has 0 saturated heterocycles. The molecule has 2 rings (SSSR count). The summed E-state index contributed by atoms with van der Waals surface area (Å²) in [6.45, 7) is 2.09. The smallest absolute Gasteiger partial charge is 0.0998 e. The molecule has 0 bridgehead atoms. The predicted molar refractivity (Wildman–Crippen MR) is 84.8 cm³/mol. The molecule has 1 unspecified atom stereocenters. The van der Waals surface area contributed by atoms with Crippen LogP contribution in [-0.2, 0) is 6.42 Å². The van der Waals surface area contributed by atoms with E-state index in [4.69, 9.17) is 0 Å². The van der Waals surface area contributed by atoms with Gasteiger partial charge in [0.05, 0.1) is 12.1 Å². The Bertz CT molecular complexity index is 534. The van der Waals surface area contributed by atoms with Crippen molar-refractivity contribution in [3.63, 3.8) is 0 Å². The summed E-state index contributed by atoms with van der Waals surface area (Å²) in [6.07, 6.45) is 0.731. The number of nitrogens with zero attached hydrogens (tertiary/aromatic N) is 1.